The first-order valence-electron chi connectivity index (χ1n) is 8.41. The largest absolute Gasteiger partial charge is 0.347 e. The van der Waals surface area contributed by atoms with E-state index < -0.39 is 0 Å². The summed E-state index contributed by atoms with van der Waals surface area (Å²) in [6.45, 7) is 2.74. The van der Waals surface area contributed by atoms with E-state index in [1.807, 2.05) is 29.8 Å². The Kier molecular flexibility index (Phi) is 4.50. The Balaban J connectivity index is 1.40. The lowest BCUT2D eigenvalue weighted by atomic mass is 10.1. The van der Waals surface area contributed by atoms with Crippen LogP contribution in [0.4, 0.5) is 5.13 Å². The molecule has 130 valence electrons. The van der Waals surface area contributed by atoms with Gasteiger partial charge in [0.1, 0.15) is 0 Å². The fourth-order valence-corrected chi connectivity index (χ4v) is 3.70. The molecule has 1 N–H and O–H groups in total. The molecule has 0 unspecified atom stereocenters. The third kappa shape index (κ3) is 3.36. The van der Waals surface area contributed by atoms with Crippen LogP contribution in [-0.4, -0.2) is 20.4 Å². The zero-order valence-corrected chi connectivity index (χ0v) is 15.2. The van der Waals surface area contributed by atoms with Crippen LogP contribution in [0.3, 0.4) is 0 Å². The van der Waals surface area contributed by atoms with Crippen LogP contribution in [0.5, 0.6) is 0 Å². The summed E-state index contributed by atoms with van der Waals surface area (Å²) in [6.07, 6.45) is 5.91. The molecule has 4 aromatic rings. The molecule has 0 aliphatic rings. The Morgan fingerprint density at radius 2 is 2.04 bits per heavy atom. The van der Waals surface area contributed by atoms with Gasteiger partial charge in [0.25, 0.3) is 0 Å². The van der Waals surface area contributed by atoms with Crippen molar-refractivity contribution in [3.05, 3.63) is 65.9 Å². The van der Waals surface area contributed by atoms with Crippen molar-refractivity contribution >= 4 is 33.3 Å². The lowest BCUT2D eigenvalue weighted by Gasteiger charge is -2.06. The number of nitrogens with one attached hydrogen (secondary N) is 1. The van der Waals surface area contributed by atoms with Crippen molar-refractivity contribution < 1.29 is 4.79 Å². The number of thiazole rings is 1. The smallest absolute Gasteiger partial charge is 0.227 e. The van der Waals surface area contributed by atoms with Crippen LogP contribution in [0.25, 0.3) is 22.2 Å². The lowest BCUT2D eigenvalue weighted by molar-refractivity contribution is -0.116. The fraction of sp³-hybridized carbons (Fsp3) is 0.150. The monoisotopic (exact) mass is 362 g/mol. The summed E-state index contributed by atoms with van der Waals surface area (Å²) in [5.74, 6) is -0.0323. The minimum Gasteiger partial charge on any atom is -0.347 e. The third-order valence-electron chi connectivity index (χ3n) is 4.34. The van der Waals surface area contributed by atoms with Crippen LogP contribution in [0.1, 0.15) is 12.0 Å². The van der Waals surface area contributed by atoms with Crippen molar-refractivity contribution in [1.29, 1.82) is 0 Å². The van der Waals surface area contributed by atoms with Gasteiger partial charge in [-0.15, -0.1) is 11.3 Å². The van der Waals surface area contributed by atoms with E-state index in [1.54, 1.807) is 12.4 Å². The molecule has 0 spiro atoms. The molecule has 1 amide bonds. The maximum atomic E-state index is 12.3. The summed E-state index contributed by atoms with van der Waals surface area (Å²) in [4.78, 5) is 20.8. The number of pyridine rings is 1. The number of nitrogens with zero attached hydrogens (tertiary/aromatic N) is 3. The molecule has 6 heteroatoms. The number of aromatic nitrogens is 3. The molecule has 0 aliphatic carbocycles. The molecular weight excluding hydrogens is 344 g/mol. The second kappa shape index (κ2) is 7.09. The van der Waals surface area contributed by atoms with Crippen molar-refractivity contribution in [2.24, 2.45) is 0 Å². The molecule has 0 atom stereocenters. The van der Waals surface area contributed by atoms with Crippen LogP contribution >= 0.6 is 11.3 Å². The minimum absolute atomic E-state index is 0.0323. The van der Waals surface area contributed by atoms with E-state index in [9.17, 15) is 4.79 Å². The predicted octanol–water partition coefficient (Wildman–Crippen LogP) is 4.50. The summed E-state index contributed by atoms with van der Waals surface area (Å²) in [5.41, 5.74) is 4.25. The van der Waals surface area contributed by atoms with Crippen LogP contribution in [0.2, 0.25) is 0 Å². The third-order valence-corrected chi connectivity index (χ3v) is 5.10. The van der Waals surface area contributed by atoms with E-state index in [0.29, 0.717) is 18.1 Å². The summed E-state index contributed by atoms with van der Waals surface area (Å²) < 4.78 is 2.12. The molecule has 5 nitrogen and oxygen atoms in total. The Bertz CT molecular complexity index is 1050. The number of rotatable bonds is 5. The van der Waals surface area contributed by atoms with E-state index >= 15 is 0 Å². The quantitative estimate of drug-likeness (QED) is 0.569. The summed E-state index contributed by atoms with van der Waals surface area (Å²) in [5, 5.41) is 6.68. The van der Waals surface area contributed by atoms with Crippen molar-refractivity contribution in [2.45, 2.75) is 19.9 Å². The van der Waals surface area contributed by atoms with E-state index in [4.69, 9.17) is 0 Å². The SMILES string of the molecule is Cc1cccc2c1ccn2CCC(=O)Nc1nc(-c2ccncc2)cs1. The second-order valence-corrected chi connectivity index (χ2v) is 6.95. The van der Waals surface area contributed by atoms with Crippen LogP contribution in [0.15, 0.2) is 60.4 Å². The molecule has 1 aromatic carbocycles. The van der Waals surface area contributed by atoms with Gasteiger partial charge in [0.05, 0.1) is 5.69 Å². The van der Waals surface area contributed by atoms with E-state index in [2.05, 4.69) is 45.0 Å². The fourth-order valence-electron chi connectivity index (χ4n) is 2.96. The number of carbonyl (C=O) groups is 1. The van der Waals surface area contributed by atoms with Gasteiger partial charge in [-0.3, -0.25) is 9.78 Å². The maximum Gasteiger partial charge on any atom is 0.227 e. The second-order valence-electron chi connectivity index (χ2n) is 6.09. The maximum absolute atomic E-state index is 12.3. The Hall–Kier alpha value is -2.99. The van der Waals surface area contributed by atoms with E-state index in [1.165, 1.54) is 22.3 Å². The van der Waals surface area contributed by atoms with Gasteiger partial charge in [-0.1, -0.05) is 12.1 Å². The first kappa shape index (κ1) is 16.5. The van der Waals surface area contributed by atoms with Crippen molar-refractivity contribution in [3.63, 3.8) is 0 Å². The number of hydrogen-bond donors (Lipinski definition) is 1. The number of aryl methyl sites for hydroxylation is 2. The minimum atomic E-state index is -0.0323. The highest BCUT2D eigenvalue weighted by molar-refractivity contribution is 7.14. The first-order chi connectivity index (χ1) is 12.7. The van der Waals surface area contributed by atoms with Crippen LogP contribution in [0, 0.1) is 6.92 Å². The lowest BCUT2D eigenvalue weighted by Crippen LogP contribution is -2.14. The molecule has 0 fully saturated rings. The van der Waals surface area contributed by atoms with Crippen molar-refractivity contribution in [2.75, 3.05) is 5.32 Å². The number of amides is 1. The first-order valence-corrected chi connectivity index (χ1v) is 9.29. The number of carbonyl (C=O) groups excluding carboxylic acids is 1. The molecule has 4 rings (SSSR count). The topological polar surface area (TPSA) is 59.8 Å². The number of anilines is 1. The summed E-state index contributed by atoms with van der Waals surface area (Å²) >= 11 is 1.43. The van der Waals surface area contributed by atoms with Crippen molar-refractivity contribution in [1.82, 2.24) is 14.5 Å². The van der Waals surface area contributed by atoms with Gasteiger partial charge < -0.3 is 9.88 Å². The molecule has 0 bridgehead atoms. The zero-order chi connectivity index (χ0) is 17.9. The van der Waals surface area contributed by atoms with Gasteiger partial charge >= 0.3 is 0 Å². The van der Waals surface area contributed by atoms with Gasteiger partial charge in [-0.2, -0.15) is 0 Å². The van der Waals surface area contributed by atoms with E-state index in [0.717, 1.165) is 16.8 Å². The number of fused-ring (bicyclic) bond motifs is 1. The van der Waals surface area contributed by atoms with Gasteiger partial charge in [0, 0.05) is 53.4 Å². The highest BCUT2D eigenvalue weighted by Gasteiger charge is 2.09. The highest BCUT2D eigenvalue weighted by atomic mass is 32.1. The summed E-state index contributed by atoms with van der Waals surface area (Å²) in [7, 11) is 0. The average molecular weight is 362 g/mol. The number of hydrogen-bond acceptors (Lipinski definition) is 4. The van der Waals surface area contributed by atoms with Crippen LogP contribution in [-0.2, 0) is 11.3 Å². The van der Waals surface area contributed by atoms with Gasteiger partial charge in [0.15, 0.2) is 5.13 Å². The standard InChI is InChI=1S/C20H18N4OS/c1-14-3-2-4-18-16(14)7-11-24(18)12-8-19(25)23-20-22-17(13-26-20)15-5-9-21-10-6-15/h2-7,9-11,13H,8,12H2,1H3,(H,22,23,25). The molecule has 0 aliphatic heterocycles. The molecule has 26 heavy (non-hydrogen) atoms. The van der Waals surface area contributed by atoms with Crippen LogP contribution < -0.4 is 5.32 Å². The van der Waals surface area contributed by atoms with Gasteiger partial charge in [-0.05, 0) is 36.8 Å². The Morgan fingerprint density at radius 1 is 1.19 bits per heavy atom. The van der Waals surface area contributed by atoms with Gasteiger partial charge in [-0.25, -0.2) is 4.98 Å². The van der Waals surface area contributed by atoms with Gasteiger partial charge in [0.2, 0.25) is 5.91 Å². The summed E-state index contributed by atoms with van der Waals surface area (Å²) in [6, 6.07) is 12.1. The molecule has 0 saturated carbocycles. The van der Waals surface area contributed by atoms with E-state index in [-0.39, 0.29) is 5.91 Å². The Morgan fingerprint density at radius 3 is 2.88 bits per heavy atom. The van der Waals surface area contributed by atoms with Crippen molar-refractivity contribution in [3.8, 4) is 11.3 Å². The molecule has 3 heterocycles. The molecule has 3 aromatic heterocycles. The Labute approximate surface area is 155 Å². The molecule has 0 saturated heterocycles. The number of benzene rings is 1. The molecule has 0 radical (unpaired) electrons. The predicted molar refractivity (Wildman–Crippen MR) is 105 cm³/mol. The normalized spacial score (nSPS) is 11.0. The average Bonchev–Trinajstić information content (AvgIpc) is 3.29. The highest BCUT2D eigenvalue weighted by Crippen LogP contribution is 2.24. The zero-order valence-electron chi connectivity index (χ0n) is 14.3. The molecular formula is C20H18N4OS.